The number of hydrogen-bond donors (Lipinski definition) is 2. The van der Waals surface area contributed by atoms with Crippen LogP contribution in [-0.4, -0.2) is 24.2 Å². The van der Waals surface area contributed by atoms with Gasteiger partial charge in [-0.05, 0) is 42.3 Å². The van der Waals surface area contributed by atoms with E-state index < -0.39 is 29.5 Å². The molecule has 1 atom stereocenters. The zero-order valence-corrected chi connectivity index (χ0v) is 12.9. The number of carbonyl (C=O) groups is 1. The van der Waals surface area contributed by atoms with E-state index in [2.05, 4.69) is 5.32 Å². The van der Waals surface area contributed by atoms with Crippen molar-refractivity contribution in [1.82, 2.24) is 0 Å². The lowest BCUT2D eigenvalue weighted by Crippen LogP contribution is -2.26. The molecule has 0 heterocycles. The smallest absolute Gasteiger partial charge is 0.305 e. The standard InChI is InChI=1S/C17H16F3NO3/c1-24-13-4-2-11(3-5-13)21-12(8-17(22)23)6-10-7-15(19)16(20)9-14(10)18/h2-5,7,9,12,21H,6,8H2,1H3,(H,22,23). The van der Waals surface area contributed by atoms with E-state index in [-0.39, 0.29) is 18.4 Å². The molecule has 0 fully saturated rings. The fourth-order valence-electron chi connectivity index (χ4n) is 2.29. The second kappa shape index (κ2) is 7.72. The maximum atomic E-state index is 13.8. The molecule has 0 spiro atoms. The highest BCUT2D eigenvalue weighted by atomic mass is 19.2. The van der Waals surface area contributed by atoms with Gasteiger partial charge in [0, 0.05) is 17.8 Å². The van der Waals surface area contributed by atoms with E-state index >= 15 is 0 Å². The van der Waals surface area contributed by atoms with Crippen LogP contribution in [0.4, 0.5) is 18.9 Å². The molecule has 2 rings (SSSR count). The minimum atomic E-state index is -1.28. The monoisotopic (exact) mass is 339 g/mol. The van der Waals surface area contributed by atoms with Crippen molar-refractivity contribution in [3.05, 3.63) is 59.4 Å². The molecule has 2 aromatic carbocycles. The number of rotatable bonds is 7. The van der Waals surface area contributed by atoms with Gasteiger partial charge in [-0.1, -0.05) is 0 Å². The first kappa shape index (κ1) is 17.7. The molecule has 1 unspecified atom stereocenters. The first-order valence-corrected chi connectivity index (χ1v) is 7.15. The van der Waals surface area contributed by atoms with Crippen LogP contribution in [0.15, 0.2) is 36.4 Å². The molecule has 7 heteroatoms. The van der Waals surface area contributed by atoms with Crippen LogP contribution in [-0.2, 0) is 11.2 Å². The summed E-state index contributed by atoms with van der Waals surface area (Å²) in [5.74, 6) is -3.84. The van der Waals surface area contributed by atoms with Gasteiger partial charge in [-0.3, -0.25) is 4.79 Å². The Labute approximate surface area is 136 Å². The third kappa shape index (κ3) is 4.65. The van der Waals surface area contributed by atoms with Crippen molar-refractivity contribution in [2.24, 2.45) is 0 Å². The van der Waals surface area contributed by atoms with Gasteiger partial charge in [0.15, 0.2) is 11.6 Å². The number of nitrogens with one attached hydrogen (secondary N) is 1. The largest absolute Gasteiger partial charge is 0.497 e. The van der Waals surface area contributed by atoms with Crippen LogP contribution < -0.4 is 10.1 Å². The zero-order valence-electron chi connectivity index (χ0n) is 12.9. The highest BCUT2D eigenvalue weighted by Gasteiger charge is 2.18. The van der Waals surface area contributed by atoms with Crippen molar-refractivity contribution in [2.75, 3.05) is 12.4 Å². The van der Waals surface area contributed by atoms with Crippen LogP contribution in [0.1, 0.15) is 12.0 Å². The number of benzene rings is 2. The van der Waals surface area contributed by atoms with E-state index in [9.17, 15) is 18.0 Å². The molecular weight excluding hydrogens is 323 g/mol. The quantitative estimate of drug-likeness (QED) is 0.757. The van der Waals surface area contributed by atoms with E-state index in [4.69, 9.17) is 9.84 Å². The van der Waals surface area contributed by atoms with Gasteiger partial charge in [-0.2, -0.15) is 0 Å². The van der Waals surface area contributed by atoms with Crippen molar-refractivity contribution in [2.45, 2.75) is 18.9 Å². The number of methoxy groups -OCH3 is 1. The SMILES string of the molecule is COc1ccc(NC(CC(=O)O)Cc2cc(F)c(F)cc2F)cc1. The van der Waals surface area contributed by atoms with E-state index in [0.29, 0.717) is 17.5 Å². The Morgan fingerprint density at radius 1 is 1.12 bits per heavy atom. The topological polar surface area (TPSA) is 58.6 Å². The summed E-state index contributed by atoms with van der Waals surface area (Å²) in [7, 11) is 1.52. The molecule has 24 heavy (non-hydrogen) atoms. The molecule has 2 aromatic rings. The molecule has 0 radical (unpaired) electrons. The van der Waals surface area contributed by atoms with E-state index in [0.717, 1.165) is 6.07 Å². The van der Waals surface area contributed by atoms with Gasteiger partial charge in [-0.15, -0.1) is 0 Å². The Morgan fingerprint density at radius 3 is 2.33 bits per heavy atom. The summed E-state index contributed by atoms with van der Waals surface area (Å²) in [5.41, 5.74) is 0.506. The molecule has 0 aliphatic rings. The second-order valence-corrected chi connectivity index (χ2v) is 5.23. The number of anilines is 1. The average Bonchev–Trinajstić information content (AvgIpc) is 2.52. The number of carboxylic acid groups (broad SMARTS) is 1. The van der Waals surface area contributed by atoms with Gasteiger partial charge in [-0.25, -0.2) is 13.2 Å². The molecule has 0 aromatic heterocycles. The molecule has 0 aliphatic heterocycles. The lowest BCUT2D eigenvalue weighted by atomic mass is 10.0. The Morgan fingerprint density at radius 2 is 1.75 bits per heavy atom. The first-order chi connectivity index (χ1) is 11.4. The Hall–Kier alpha value is -2.70. The fourth-order valence-corrected chi connectivity index (χ4v) is 2.29. The summed E-state index contributed by atoms with van der Waals surface area (Å²) in [6.07, 6.45) is -0.425. The Balaban J connectivity index is 2.18. The molecule has 128 valence electrons. The maximum Gasteiger partial charge on any atom is 0.305 e. The Kier molecular flexibility index (Phi) is 5.68. The predicted octanol–water partition coefficient (Wildman–Crippen LogP) is 3.61. The molecule has 2 N–H and O–H groups in total. The number of ether oxygens (including phenoxy) is 1. The predicted molar refractivity (Wildman–Crippen MR) is 82.7 cm³/mol. The number of hydrogen-bond acceptors (Lipinski definition) is 3. The molecule has 0 saturated heterocycles. The van der Waals surface area contributed by atoms with E-state index in [1.54, 1.807) is 24.3 Å². The third-order valence-corrected chi connectivity index (χ3v) is 3.44. The molecule has 0 aliphatic carbocycles. The van der Waals surface area contributed by atoms with Crippen molar-refractivity contribution >= 4 is 11.7 Å². The molecule has 4 nitrogen and oxygen atoms in total. The van der Waals surface area contributed by atoms with Crippen LogP contribution in [0.3, 0.4) is 0 Å². The average molecular weight is 339 g/mol. The highest BCUT2D eigenvalue weighted by molar-refractivity contribution is 5.68. The first-order valence-electron chi connectivity index (χ1n) is 7.15. The van der Waals surface area contributed by atoms with Crippen molar-refractivity contribution in [3.8, 4) is 5.75 Å². The van der Waals surface area contributed by atoms with Crippen LogP contribution >= 0.6 is 0 Å². The highest BCUT2D eigenvalue weighted by Crippen LogP contribution is 2.20. The fraction of sp³-hybridized carbons (Fsp3) is 0.235. The van der Waals surface area contributed by atoms with Crippen LogP contribution in [0.5, 0.6) is 5.75 Å². The minimum Gasteiger partial charge on any atom is -0.497 e. The number of halogens is 3. The van der Waals surface area contributed by atoms with E-state index in [1.807, 2.05) is 0 Å². The summed E-state index contributed by atoms with van der Waals surface area (Å²) >= 11 is 0. The molecule has 0 bridgehead atoms. The van der Waals surface area contributed by atoms with Crippen LogP contribution in [0.25, 0.3) is 0 Å². The van der Waals surface area contributed by atoms with Crippen molar-refractivity contribution in [1.29, 1.82) is 0 Å². The number of aliphatic carboxylic acids is 1. The second-order valence-electron chi connectivity index (χ2n) is 5.23. The molecule has 0 amide bonds. The van der Waals surface area contributed by atoms with Gasteiger partial charge in [0.05, 0.1) is 13.5 Å². The van der Waals surface area contributed by atoms with Gasteiger partial charge in [0.2, 0.25) is 0 Å². The van der Waals surface area contributed by atoms with Gasteiger partial charge >= 0.3 is 5.97 Å². The minimum absolute atomic E-state index is 0.0961. The van der Waals surface area contributed by atoms with Gasteiger partial charge in [0.1, 0.15) is 11.6 Å². The summed E-state index contributed by atoms with van der Waals surface area (Å²) in [5, 5.41) is 12.0. The van der Waals surface area contributed by atoms with Crippen molar-refractivity contribution < 1.29 is 27.8 Å². The number of carboxylic acids is 1. The lowest BCUT2D eigenvalue weighted by molar-refractivity contribution is -0.137. The molecular formula is C17H16F3NO3. The van der Waals surface area contributed by atoms with Crippen LogP contribution in [0, 0.1) is 17.5 Å². The van der Waals surface area contributed by atoms with Gasteiger partial charge in [0.25, 0.3) is 0 Å². The Bertz CT molecular complexity index is 720. The third-order valence-electron chi connectivity index (χ3n) is 3.44. The van der Waals surface area contributed by atoms with Crippen molar-refractivity contribution in [3.63, 3.8) is 0 Å². The summed E-state index contributed by atoms with van der Waals surface area (Å²) in [4.78, 5) is 11.0. The summed E-state index contributed by atoms with van der Waals surface area (Å²) in [6.45, 7) is 0. The lowest BCUT2D eigenvalue weighted by Gasteiger charge is -2.19. The van der Waals surface area contributed by atoms with E-state index in [1.165, 1.54) is 7.11 Å². The summed E-state index contributed by atoms with van der Waals surface area (Å²) < 4.78 is 45.1. The molecule has 0 saturated carbocycles. The normalized spacial score (nSPS) is 11.8. The summed E-state index contributed by atoms with van der Waals surface area (Å²) in [6, 6.07) is 7.21. The van der Waals surface area contributed by atoms with Crippen LogP contribution in [0.2, 0.25) is 0 Å². The maximum absolute atomic E-state index is 13.8. The van der Waals surface area contributed by atoms with Gasteiger partial charge < -0.3 is 15.2 Å². The zero-order chi connectivity index (χ0) is 17.7.